The molecule has 4 N–H and O–H groups in total. The van der Waals surface area contributed by atoms with E-state index in [9.17, 15) is 5.11 Å². The minimum Gasteiger partial charge on any atom is -0.504 e. The molecule has 2 aromatic rings. The number of phenolic OH excluding ortho intramolecular Hbond substituents is 1. The third-order valence-corrected chi connectivity index (χ3v) is 2.16. The smallest absolute Gasteiger partial charge is 0.263 e. The minimum atomic E-state index is 0.0734. The highest BCUT2D eigenvalue weighted by atomic mass is 16.5. The van der Waals surface area contributed by atoms with Gasteiger partial charge in [0.05, 0.1) is 13.3 Å². The van der Waals surface area contributed by atoms with Gasteiger partial charge in [0.25, 0.3) is 5.95 Å². The number of anilines is 1. The molecule has 0 saturated heterocycles. The Hall–Kier alpha value is -2.77. The molecule has 0 aliphatic rings. The van der Waals surface area contributed by atoms with E-state index in [1.165, 1.54) is 30.4 Å². The number of rotatable bonds is 4. The van der Waals surface area contributed by atoms with Crippen molar-refractivity contribution in [2.75, 3.05) is 18.4 Å². The first-order valence-electron chi connectivity index (χ1n) is 5.02. The standard InChI is InChI=1S/C10H12N6O2/c1-18-9-4-7(2-3-8(9)17)5-12-14-10-15-13-6-16(10)11/h2-6,17H,11H2,1H3,(H,14,15). The molecule has 0 saturated carbocycles. The zero-order valence-electron chi connectivity index (χ0n) is 9.61. The SMILES string of the molecule is COc1cc(C=NNc2nncn2N)ccc1O. The van der Waals surface area contributed by atoms with Gasteiger partial charge in [0, 0.05) is 0 Å². The molecule has 2 rings (SSSR count). The van der Waals surface area contributed by atoms with Crippen molar-refractivity contribution in [1.29, 1.82) is 0 Å². The second kappa shape index (κ2) is 5.04. The number of hydrogen-bond donors (Lipinski definition) is 3. The van der Waals surface area contributed by atoms with Crippen LogP contribution in [0.2, 0.25) is 0 Å². The quantitative estimate of drug-likeness (QED) is 0.403. The van der Waals surface area contributed by atoms with E-state index < -0.39 is 0 Å². The normalized spacial score (nSPS) is 10.7. The van der Waals surface area contributed by atoms with Gasteiger partial charge in [-0.1, -0.05) is 0 Å². The van der Waals surface area contributed by atoms with Crippen LogP contribution in [-0.4, -0.2) is 33.3 Å². The molecule has 0 fully saturated rings. The van der Waals surface area contributed by atoms with Crippen molar-refractivity contribution in [3.63, 3.8) is 0 Å². The lowest BCUT2D eigenvalue weighted by Crippen LogP contribution is -2.10. The van der Waals surface area contributed by atoms with Gasteiger partial charge in [-0.3, -0.25) is 0 Å². The third kappa shape index (κ3) is 2.48. The van der Waals surface area contributed by atoms with Crippen molar-refractivity contribution in [1.82, 2.24) is 14.9 Å². The predicted molar refractivity (Wildman–Crippen MR) is 66.0 cm³/mol. The van der Waals surface area contributed by atoms with Crippen LogP contribution < -0.4 is 16.0 Å². The topological polar surface area (TPSA) is 111 Å². The molecule has 0 atom stereocenters. The Kier molecular flexibility index (Phi) is 3.28. The number of hydrogen-bond acceptors (Lipinski definition) is 7. The molecule has 0 aliphatic carbocycles. The van der Waals surface area contributed by atoms with E-state index in [1.807, 2.05) is 0 Å². The minimum absolute atomic E-state index is 0.0734. The maximum atomic E-state index is 9.42. The molecule has 0 aliphatic heterocycles. The lowest BCUT2D eigenvalue weighted by molar-refractivity contribution is 0.373. The van der Waals surface area contributed by atoms with Crippen LogP contribution in [-0.2, 0) is 0 Å². The number of nitrogens with one attached hydrogen (secondary N) is 1. The molecule has 0 spiro atoms. The Morgan fingerprint density at radius 2 is 2.39 bits per heavy atom. The van der Waals surface area contributed by atoms with Crippen molar-refractivity contribution in [3.8, 4) is 11.5 Å². The van der Waals surface area contributed by atoms with Crippen LogP contribution in [0.3, 0.4) is 0 Å². The number of aromatic hydroxyl groups is 1. The first-order chi connectivity index (χ1) is 8.70. The van der Waals surface area contributed by atoms with Crippen LogP contribution in [0.25, 0.3) is 0 Å². The van der Waals surface area contributed by atoms with Gasteiger partial charge in [-0.25, -0.2) is 10.1 Å². The maximum absolute atomic E-state index is 9.42. The fourth-order valence-corrected chi connectivity index (χ4v) is 1.26. The lowest BCUT2D eigenvalue weighted by Gasteiger charge is -2.03. The number of methoxy groups -OCH3 is 1. The van der Waals surface area contributed by atoms with Crippen molar-refractivity contribution in [2.45, 2.75) is 0 Å². The van der Waals surface area contributed by atoms with Crippen LogP contribution in [0, 0.1) is 0 Å². The molecule has 1 aromatic heterocycles. The average Bonchev–Trinajstić information content (AvgIpc) is 2.77. The Labute approximate surface area is 103 Å². The number of phenols is 1. The van der Waals surface area contributed by atoms with E-state index in [1.54, 1.807) is 12.1 Å². The monoisotopic (exact) mass is 248 g/mol. The van der Waals surface area contributed by atoms with Gasteiger partial charge in [-0.15, -0.1) is 10.2 Å². The number of nitrogen functional groups attached to an aromatic ring is 1. The van der Waals surface area contributed by atoms with Crippen LogP contribution in [0.1, 0.15) is 5.56 Å². The highest BCUT2D eigenvalue weighted by Gasteiger charge is 2.01. The van der Waals surface area contributed by atoms with Crippen molar-refractivity contribution < 1.29 is 9.84 Å². The van der Waals surface area contributed by atoms with Crippen LogP contribution in [0.5, 0.6) is 11.5 Å². The fraction of sp³-hybridized carbons (Fsp3) is 0.100. The van der Waals surface area contributed by atoms with Crippen LogP contribution in [0.15, 0.2) is 29.6 Å². The summed E-state index contributed by atoms with van der Waals surface area (Å²) >= 11 is 0. The van der Waals surface area contributed by atoms with E-state index in [0.717, 1.165) is 5.56 Å². The molecular formula is C10H12N6O2. The summed E-state index contributed by atoms with van der Waals surface area (Å²) in [5.41, 5.74) is 3.37. The Morgan fingerprint density at radius 3 is 3.06 bits per heavy atom. The number of nitrogens with two attached hydrogens (primary N) is 1. The number of benzene rings is 1. The van der Waals surface area contributed by atoms with Gasteiger partial charge in [0.1, 0.15) is 6.33 Å². The second-order valence-electron chi connectivity index (χ2n) is 3.36. The summed E-state index contributed by atoms with van der Waals surface area (Å²) in [4.78, 5) is 0. The third-order valence-electron chi connectivity index (χ3n) is 2.16. The molecule has 0 amide bonds. The van der Waals surface area contributed by atoms with Crippen molar-refractivity contribution in [2.24, 2.45) is 5.10 Å². The van der Waals surface area contributed by atoms with Crippen LogP contribution in [0.4, 0.5) is 5.95 Å². The van der Waals surface area contributed by atoms with E-state index in [4.69, 9.17) is 10.6 Å². The molecule has 0 bridgehead atoms. The number of hydrazone groups is 1. The molecule has 1 aromatic carbocycles. The fourth-order valence-electron chi connectivity index (χ4n) is 1.26. The Morgan fingerprint density at radius 1 is 1.56 bits per heavy atom. The van der Waals surface area contributed by atoms with Gasteiger partial charge in [0.2, 0.25) is 0 Å². The maximum Gasteiger partial charge on any atom is 0.263 e. The van der Waals surface area contributed by atoms with Gasteiger partial charge in [0.15, 0.2) is 11.5 Å². The van der Waals surface area contributed by atoms with Crippen molar-refractivity contribution >= 4 is 12.2 Å². The van der Waals surface area contributed by atoms with E-state index in [2.05, 4.69) is 20.7 Å². The first-order valence-corrected chi connectivity index (χ1v) is 5.02. The van der Waals surface area contributed by atoms with Crippen LogP contribution >= 0.6 is 0 Å². The predicted octanol–water partition coefficient (Wildman–Crippen LogP) is 0.152. The van der Waals surface area contributed by atoms with Gasteiger partial charge in [-0.05, 0) is 23.8 Å². The Bertz CT molecular complexity index is 565. The van der Waals surface area contributed by atoms with Gasteiger partial charge >= 0.3 is 0 Å². The largest absolute Gasteiger partial charge is 0.504 e. The molecule has 8 heteroatoms. The number of ether oxygens (including phenoxy) is 1. The van der Waals surface area contributed by atoms with E-state index in [0.29, 0.717) is 11.7 Å². The van der Waals surface area contributed by atoms with Crippen molar-refractivity contribution in [3.05, 3.63) is 30.1 Å². The van der Waals surface area contributed by atoms with E-state index in [-0.39, 0.29) is 5.75 Å². The summed E-state index contributed by atoms with van der Waals surface area (Å²) in [5.74, 6) is 6.25. The summed E-state index contributed by atoms with van der Waals surface area (Å²) in [5, 5.41) is 20.6. The highest BCUT2D eigenvalue weighted by Crippen LogP contribution is 2.25. The molecule has 18 heavy (non-hydrogen) atoms. The number of aromatic nitrogens is 3. The molecule has 0 radical (unpaired) electrons. The summed E-state index contributed by atoms with van der Waals surface area (Å²) in [7, 11) is 1.48. The number of nitrogens with zero attached hydrogens (tertiary/aromatic N) is 4. The van der Waals surface area contributed by atoms with Gasteiger partial charge < -0.3 is 15.7 Å². The summed E-state index contributed by atoms with van der Waals surface area (Å²) in [6, 6.07) is 4.86. The highest BCUT2D eigenvalue weighted by molar-refractivity contribution is 5.81. The van der Waals surface area contributed by atoms with E-state index >= 15 is 0 Å². The Balaban J connectivity index is 2.07. The second-order valence-corrected chi connectivity index (χ2v) is 3.36. The summed E-state index contributed by atoms with van der Waals surface area (Å²) < 4.78 is 6.18. The summed E-state index contributed by atoms with van der Waals surface area (Å²) in [6.45, 7) is 0. The molecule has 1 heterocycles. The molecule has 8 nitrogen and oxygen atoms in total. The molecular weight excluding hydrogens is 236 g/mol. The average molecular weight is 248 g/mol. The molecule has 94 valence electrons. The van der Waals surface area contributed by atoms with Gasteiger partial charge in [-0.2, -0.15) is 5.10 Å². The zero-order chi connectivity index (χ0) is 13.0. The lowest BCUT2D eigenvalue weighted by atomic mass is 10.2. The summed E-state index contributed by atoms with van der Waals surface area (Å²) in [6.07, 6.45) is 2.89. The zero-order valence-corrected chi connectivity index (χ0v) is 9.61. The first kappa shape index (κ1) is 11.7. The molecule has 0 unspecified atom stereocenters.